The van der Waals surface area contributed by atoms with Crippen molar-refractivity contribution in [3.05, 3.63) is 42.0 Å². The van der Waals surface area contributed by atoms with Crippen LogP contribution in [0.1, 0.15) is 19.4 Å². The minimum atomic E-state index is -3.67. The third-order valence-electron chi connectivity index (χ3n) is 3.30. The Morgan fingerprint density at radius 2 is 1.69 bits per heavy atom. The van der Waals surface area contributed by atoms with Gasteiger partial charge in [-0.1, -0.05) is 12.1 Å². The Balaban J connectivity index is 1.82. The molecule has 26 heavy (non-hydrogen) atoms. The first-order valence-electron chi connectivity index (χ1n) is 8.01. The van der Waals surface area contributed by atoms with Crippen molar-refractivity contribution in [2.45, 2.75) is 31.2 Å². The van der Waals surface area contributed by atoms with Crippen LogP contribution in [0.5, 0.6) is 0 Å². The lowest BCUT2D eigenvalue weighted by molar-refractivity contribution is 0.250. The minimum Gasteiger partial charge on any atom is -0.368 e. The van der Waals surface area contributed by atoms with E-state index in [4.69, 9.17) is 5.14 Å². The van der Waals surface area contributed by atoms with E-state index in [1.165, 1.54) is 12.1 Å². The molecule has 2 rings (SSSR count). The van der Waals surface area contributed by atoms with Crippen molar-refractivity contribution in [3.8, 4) is 0 Å². The Kier molecular flexibility index (Phi) is 6.47. The number of hydrogen-bond acceptors (Lipinski definition) is 6. The van der Waals surface area contributed by atoms with Gasteiger partial charge in [0.15, 0.2) is 5.82 Å². The number of rotatable bonds is 7. The molecule has 5 N–H and O–H groups in total. The summed E-state index contributed by atoms with van der Waals surface area (Å²) in [7, 11) is -3.67. The van der Waals surface area contributed by atoms with Gasteiger partial charge in [0.05, 0.1) is 4.90 Å². The summed E-state index contributed by atoms with van der Waals surface area (Å²) in [4.78, 5) is 11.7. The molecule has 2 aromatic rings. The predicted octanol–water partition coefficient (Wildman–Crippen LogP) is 1.31. The Labute approximate surface area is 152 Å². The van der Waals surface area contributed by atoms with E-state index in [-0.39, 0.29) is 17.0 Å². The number of carbonyl (C=O) groups is 1. The van der Waals surface area contributed by atoms with Gasteiger partial charge in [0.25, 0.3) is 0 Å². The van der Waals surface area contributed by atoms with Crippen LogP contribution in [-0.2, 0) is 16.4 Å². The molecule has 0 unspecified atom stereocenters. The second-order valence-corrected chi connectivity index (χ2v) is 7.48. The summed E-state index contributed by atoms with van der Waals surface area (Å²) in [6.07, 6.45) is 0.670. The number of nitrogens with two attached hydrogens (primary N) is 1. The number of primary sulfonamides is 1. The van der Waals surface area contributed by atoms with E-state index < -0.39 is 10.0 Å². The number of benzene rings is 1. The van der Waals surface area contributed by atoms with Gasteiger partial charge in [-0.05, 0) is 50.1 Å². The van der Waals surface area contributed by atoms with Crippen LogP contribution in [0.25, 0.3) is 0 Å². The molecule has 1 heterocycles. The summed E-state index contributed by atoms with van der Waals surface area (Å²) in [5, 5.41) is 21.4. The van der Waals surface area contributed by atoms with Crippen molar-refractivity contribution in [2.24, 2.45) is 5.14 Å². The molecule has 0 fully saturated rings. The fourth-order valence-corrected chi connectivity index (χ4v) is 2.60. The largest absolute Gasteiger partial charge is 0.368 e. The van der Waals surface area contributed by atoms with Crippen LogP contribution >= 0.6 is 0 Å². The number of anilines is 2. The zero-order valence-electron chi connectivity index (χ0n) is 14.6. The number of urea groups is 1. The highest BCUT2D eigenvalue weighted by atomic mass is 32.2. The maximum atomic E-state index is 11.6. The normalized spacial score (nSPS) is 11.2. The van der Waals surface area contributed by atoms with Crippen molar-refractivity contribution in [3.63, 3.8) is 0 Å². The van der Waals surface area contributed by atoms with Gasteiger partial charge >= 0.3 is 6.03 Å². The van der Waals surface area contributed by atoms with Gasteiger partial charge in [0.1, 0.15) is 5.82 Å². The lowest BCUT2D eigenvalue weighted by Crippen LogP contribution is -2.34. The molecular weight excluding hydrogens is 356 g/mol. The highest BCUT2D eigenvalue weighted by Crippen LogP contribution is 2.10. The highest BCUT2D eigenvalue weighted by Gasteiger charge is 2.07. The smallest absolute Gasteiger partial charge is 0.320 e. The summed E-state index contributed by atoms with van der Waals surface area (Å²) >= 11 is 0. The molecule has 10 heteroatoms. The fraction of sp³-hybridized carbons (Fsp3) is 0.312. The molecule has 0 atom stereocenters. The number of nitrogens with one attached hydrogen (secondary N) is 3. The zero-order chi connectivity index (χ0) is 19.2. The summed E-state index contributed by atoms with van der Waals surface area (Å²) < 4.78 is 22.4. The maximum absolute atomic E-state index is 11.6. The second kappa shape index (κ2) is 8.59. The van der Waals surface area contributed by atoms with Crippen LogP contribution in [0.15, 0.2) is 41.3 Å². The highest BCUT2D eigenvalue weighted by molar-refractivity contribution is 7.89. The molecule has 0 aliphatic heterocycles. The Morgan fingerprint density at radius 1 is 1.08 bits per heavy atom. The molecule has 0 bridgehead atoms. The maximum Gasteiger partial charge on any atom is 0.320 e. The molecule has 0 aliphatic rings. The van der Waals surface area contributed by atoms with Crippen LogP contribution in [0, 0.1) is 0 Å². The first-order chi connectivity index (χ1) is 12.2. The Bertz CT molecular complexity index is 835. The van der Waals surface area contributed by atoms with E-state index in [1.807, 2.05) is 13.8 Å². The zero-order valence-corrected chi connectivity index (χ0v) is 15.4. The number of hydrogen-bond donors (Lipinski definition) is 4. The summed E-state index contributed by atoms with van der Waals surface area (Å²) in [6.45, 7) is 4.31. The average Bonchev–Trinajstić information content (AvgIpc) is 2.55. The van der Waals surface area contributed by atoms with Gasteiger partial charge in [0, 0.05) is 12.6 Å². The van der Waals surface area contributed by atoms with Gasteiger partial charge in [-0.2, -0.15) is 0 Å². The summed E-state index contributed by atoms with van der Waals surface area (Å²) in [5.74, 6) is 0.924. The van der Waals surface area contributed by atoms with E-state index in [2.05, 4.69) is 26.1 Å². The molecule has 1 aromatic heterocycles. The third-order valence-corrected chi connectivity index (χ3v) is 4.23. The van der Waals surface area contributed by atoms with E-state index in [9.17, 15) is 13.2 Å². The molecule has 140 valence electrons. The lowest BCUT2D eigenvalue weighted by Gasteiger charge is -2.10. The monoisotopic (exact) mass is 378 g/mol. The van der Waals surface area contributed by atoms with Crippen LogP contribution < -0.4 is 21.1 Å². The molecule has 0 radical (unpaired) electrons. The number of aromatic nitrogens is 2. The van der Waals surface area contributed by atoms with Crippen LogP contribution in [-0.4, -0.2) is 37.2 Å². The first kappa shape index (κ1) is 19.6. The van der Waals surface area contributed by atoms with Crippen LogP contribution in [0.2, 0.25) is 0 Å². The molecule has 0 saturated heterocycles. The predicted molar refractivity (Wildman–Crippen MR) is 99.3 cm³/mol. The van der Waals surface area contributed by atoms with E-state index in [0.717, 1.165) is 5.56 Å². The topological polar surface area (TPSA) is 139 Å². The minimum absolute atomic E-state index is 0.0305. The quantitative estimate of drug-likeness (QED) is 0.573. The molecule has 2 amide bonds. The second-order valence-electron chi connectivity index (χ2n) is 5.92. The Hall–Kier alpha value is -2.72. The third kappa shape index (κ3) is 6.30. The first-order valence-corrected chi connectivity index (χ1v) is 9.55. The lowest BCUT2D eigenvalue weighted by atomic mass is 10.1. The molecule has 0 saturated carbocycles. The number of carbonyl (C=O) groups excluding carboxylic acids is 1. The van der Waals surface area contributed by atoms with Crippen molar-refractivity contribution in [1.29, 1.82) is 0 Å². The van der Waals surface area contributed by atoms with Gasteiger partial charge in [-0.15, -0.1) is 10.2 Å². The van der Waals surface area contributed by atoms with Gasteiger partial charge in [0.2, 0.25) is 10.0 Å². The number of nitrogens with zero attached hydrogens (tertiary/aromatic N) is 2. The van der Waals surface area contributed by atoms with Gasteiger partial charge in [-0.25, -0.2) is 18.4 Å². The number of amides is 2. The SMILES string of the molecule is CC(C)NC(=O)Nc1ccc(NCCc2ccc(S(N)(=O)=O)cc2)nn1. The van der Waals surface area contributed by atoms with Crippen molar-refractivity contribution >= 4 is 27.7 Å². The molecule has 0 spiro atoms. The van der Waals surface area contributed by atoms with Crippen molar-refractivity contribution in [2.75, 3.05) is 17.2 Å². The van der Waals surface area contributed by atoms with Crippen molar-refractivity contribution < 1.29 is 13.2 Å². The fourth-order valence-electron chi connectivity index (χ4n) is 2.09. The number of sulfonamides is 1. The van der Waals surface area contributed by atoms with Crippen LogP contribution in [0.3, 0.4) is 0 Å². The van der Waals surface area contributed by atoms with E-state index in [1.54, 1.807) is 24.3 Å². The molecule has 9 nitrogen and oxygen atoms in total. The Morgan fingerprint density at radius 3 is 2.23 bits per heavy atom. The summed E-state index contributed by atoms with van der Waals surface area (Å²) in [6, 6.07) is 9.44. The van der Waals surface area contributed by atoms with Crippen LogP contribution in [0.4, 0.5) is 16.4 Å². The van der Waals surface area contributed by atoms with Gasteiger partial charge in [-0.3, -0.25) is 5.32 Å². The van der Waals surface area contributed by atoms with E-state index >= 15 is 0 Å². The average molecular weight is 378 g/mol. The standard InChI is InChI=1S/C16H22N6O3S/c1-11(2)19-16(23)20-15-8-7-14(21-22-15)18-10-9-12-3-5-13(6-4-12)26(17,24)25/h3-8,11H,9-10H2,1-2H3,(H,18,21)(H2,17,24,25)(H2,19,20,22,23). The van der Waals surface area contributed by atoms with Crippen molar-refractivity contribution in [1.82, 2.24) is 15.5 Å². The van der Waals surface area contributed by atoms with Gasteiger partial charge < -0.3 is 10.6 Å². The molecule has 1 aromatic carbocycles. The van der Waals surface area contributed by atoms with E-state index in [0.29, 0.717) is 24.6 Å². The molecule has 0 aliphatic carbocycles. The molecular formula is C16H22N6O3S. The summed E-state index contributed by atoms with van der Waals surface area (Å²) in [5.41, 5.74) is 0.960.